The second kappa shape index (κ2) is 14.5. The van der Waals surface area contributed by atoms with E-state index >= 15 is 0 Å². The standard InChI is InChI=1S/C51H50N4O/c1-4-13-33(14-5-1)40-26-28-45-47(32-40)56-46-24-12-23-42-43-31-39(25-27-44(43)55(45)48(42)46)37-20-10-19-36(29-37)38-21-11-22-41(30-38)51-53-49(34-15-6-2-7-16-34)52-50(54-51)35-17-8-3-9-18-35/h1-11,13-22,29-30,39-40,42-48H,12,23-28,31-32H2. The summed E-state index contributed by atoms with van der Waals surface area (Å²) in [4.78, 5) is 18.0. The zero-order valence-electron chi connectivity index (χ0n) is 32.0. The van der Waals surface area contributed by atoms with Crippen LogP contribution in [0.4, 0.5) is 0 Å². The molecule has 2 saturated heterocycles. The average Bonchev–Trinajstić information content (AvgIpc) is 3.62. The van der Waals surface area contributed by atoms with Crippen molar-refractivity contribution < 1.29 is 4.74 Å². The molecule has 5 aromatic carbocycles. The second-order valence-corrected chi connectivity index (χ2v) is 17.2. The van der Waals surface area contributed by atoms with Crippen LogP contribution in [0.25, 0.3) is 45.3 Å². The van der Waals surface area contributed by atoms with Crippen LogP contribution >= 0.6 is 0 Å². The number of aromatic nitrogens is 3. The van der Waals surface area contributed by atoms with Crippen LogP contribution in [0.2, 0.25) is 0 Å². The van der Waals surface area contributed by atoms with Gasteiger partial charge in [-0.2, -0.15) is 0 Å². The molecule has 0 radical (unpaired) electrons. The topological polar surface area (TPSA) is 51.1 Å². The molecule has 5 aliphatic rings. The number of benzene rings is 5. The highest BCUT2D eigenvalue weighted by atomic mass is 16.5. The summed E-state index contributed by atoms with van der Waals surface area (Å²) < 4.78 is 7.15. The number of rotatable bonds is 6. The van der Waals surface area contributed by atoms with Gasteiger partial charge in [-0.3, -0.25) is 4.90 Å². The maximum atomic E-state index is 7.15. The highest BCUT2D eigenvalue weighted by Gasteiger charge is 2.60. The molecule has 9 atom stereocenters. The van der Waals surface area contributed by atoms with Crippen molar-refractivity contribution in [2.24, 2.45) is 11.8 Å². The number of hydrogen-bond donors (Lipinski definition) is 0. The molecule has 5 nitrogen and oxygen atoms in total. The van der Waals surface area contributed by atoms with E-state index in [0.29, 0.717) is 59.6 Å². The Hall–Kier alpha value is -4.97. The zero-order chi connectivity index (χ0) is 37.0. The molecule has 5 fully saturated rings. The minimum atomic E-state index is 0.380. The second-order valence-electron chi connectivity index (χ2n) is 17.2. The van der Waals surface area contributed by atoms with Crippen LogP contribution in [0, 0.1) is 11.8 Å². The molecule has 0 spiro atoms. The summed E-state index contributed by atoms with van der Waals surface area (Å²) in [5, 5.41) is 0. The minimum Gasteiger partial charge on any atom is -0.372 e. The summed E-state index contributed by atoms with van der Waals surface area (Å²) in [7, 11) is 0. The monoisotopic (exact) mass is 734 g/mol. The number of fused-ring (bicyclic) bond motifs is 5. The van der Waals surface area contributed by atoms with Crippen molar-refractivity contribution in [1.29, 1.82) is 0 Å². The largest absolute Gasteiger partial charge is 0.372 e. The number of ether oxygens (including phenoxy) is 1. The summed E-state index contributed by atoms with van der Waals surface area (Å²) >= 11 is 0. The number of morpholine rings is 1. The molecule has 0 bridgehead atoms. The normalized spacial score (nSPS) is 29.5. The summed E-state index contributed by atoms with van der Waals surface area (Å²) in [5.74, 6) is 4.83. The summed E-state index contributed by atoms with van der Waals surface area (Å²) in [6, 6.07) is 51.8. The lowest BCUT2D eigenvalue weighted by Crippen LogP contribution is -2.63. The van der Waals surface area contributed by atoms with E-state index < -0.39 is 0 Å². The molecule has 0 N–H and O–H groups in total. The van der Waals surface area contributed by atoms with E-state index in [1.807, 2.05) is 36.4 Å². The quantitative estimate of drug-likeness (QED) is 0.171. The molecular formula is C51H50N4O. The fraction of sp³-hybridized carbons (Fsp3) is 0.353. The minimum absolute atomic E-state index is 0.380. The van der Waals surface area contributed by atoms with Gasteiger partial charge in [-0.15, -0.1) is 0 Å². The van der Waals surface area contributed by atoms with E-state index in [9.17, 15) is 0 Å². The lowest BCUT2D eigenvalue weighted by molar-refractivity contribution is -0.179. The van der Waals surface area contributed by atoms with Gasteiger partial charge in [-0.1, -0.05) is 140 Å². The van der Waals surface area contributed by atoms with Crippen LogP contribution in [0.15, 0.2) is 140 Å². The van der Waals surface area contributed by atoms with Crippen LogP contribution in [0.3, 0.4) is 0 Å². The molecule has 2 aliphatic heterocycles. The molecule has 9 unspecified atom stereocenters. The van der Waals surface area contributed by atoms with E-state index in [2.05, 4.69) is 108 Å². The van der Waals surface area contributed by atoms with Gasteiger partial charge in [-0.05, 0) is 103 Å². The van der Waals surface area contributed by atoms with Gasteiger partial charge in [-0.25, -0.2) is 15.0 Å². The van der Waals surface area contributed by atoms with Gasteiger partial charge in [0.2, 0.25) is 0 Å². The third-order valence-corrected chi connectivity index (χ3v) is 14.3. The average molecular weight is 735 g/mol. The van der Waals surface area contributed by atoms with Gasteiger partial charge in [0, 0.05) is 34.8 Å². The predicted octanol–water partition coefficient (Wildman–Crippen LogP) is 11.4. The first kappa shape index (κ1) is 34.3. The van der Waals surface area contributed by atoms with Crippen LogP contribution < -0.4 is 0 Å². The van der Waals surface area contributed by atoms with E-state index in [4.69, 9.17) is 19.7 Å². The van der Waals surface area contributed by atoms with Crippen molar-refractivity contribution in [3.8, 4) is 45.3 Å². The number of nitrogens with zero attached hydrogens (tertiary/aromatic N) is 4. The Kier molecular flexibility index (Phi) is 8.89. The molecule has 0 amide bonds. The van der Waals surface area contributed by atoms with Crippen LogP contribution in [-0.4, -0.2) is 50.2 Å². The van der Waals surface area contributed by atoms with Crippen molar-refractivity contribution in [2.75, 3.05) is 0 Å². The Morgan fingerprint density at radius 1 is 0.429 bits per heavy atom. The Labute approximate surface area is 331 Å². The molecule has 1 aromatic heterocycles. The highest BCUT2D eigenvalue weighted by molar-refractivity contribution is 5.73. The molecule has 3 heterocycles. The molecule has 56 heavy (non-hydrogen) atoms. The van der Waals surface area contributed by atoms with Crippen LogP contribution in [0.1, 0.15) is 80.8 Å². The molecule has 3 aliphatic carbocycles. The molecular weight excluding hydrogens is 685 g/mol. The van der Waals surface area contributed by atoms with Gasteiger partial charge < -0.3 is 4.74 Å². The van der Waals surface area contributed by atoms with Crippen molar-refractivity contribution in [2.45, 2.75) is 100.0 Å². The summed E-state index contributed by atoms with van der Waals surface area (Å²) in [5.41, 5.74) is 8.43. The first-order chi connectivity index (χ1) is 27.7. The molecule has 11 rings (SSSR count). The first-order valence-electron chi connectivity index (χ1n) is 21.3. The number of hydrogen-bond acceptors (Lipinski definition) is 5. The smallest absolute Gasteiger partial charge is 0.164 e. The maximum absolute atomic E-state index is 7.15. The van der Waals surface area contributed by atoms with Gasteiger partial charge in [0.15, 0.2) is 17.5 Å². The summed E-state index contributed by atoms with van der Waals surface area (Å²) in [6.45, 7) is 0. The maximum Gasteiger partial charge on any atom is 0.164 e. The Balaban J connectivity index is 0.856. The predicted molar refractivity (Wildman–Crippen MR) is 224 cm³/mol. The fourth-order valence-corrected chi connectivity index (χ4v) is 11.8. The molecule has 280 valence electrons. The van der Waals surface area contributed by atoms with Crippen molar-refractivity contribution in [3.63, 3.8) is 0 Å². The lowest BCUT2D eigenvalue weighted by atomic mass is 9.68. The first-order valence-corrected chi connectivity index (χ1v) is 21.3. The van der Waals surface area contributed by atoms with Gasteiger partial charge >= 0.3 is 0 Å². The van der Waals surface area contributed by atoms with Crippen molar-refractivity contribution >= 4 is 0 Å². The Morgan fingerprint density at radius 3 is 1.70 bits per heavy atom. The van der Waals surface area contributed by atoms with Gasteiger partial charge in [0.05, 0.1) is 12.2 Å². The molecule has 5 heteroatoms. The third-order valence-electron chi connectivity index (χ3n) is 14.3. The van der Waals surface area contributed by atoms with E-state index in [1.165, 1.54) is 80.0 Å². The van der Waals surface area contributed by atoms with Crippen molar-refractivity contribution in [3.05, 3.63) is 151 Å². The van der Waals surface area contributed by atoms with E-state index in [1.54, 1.807) is 0 Å². The highest BCUT2D eigenvalue weighted by Crippen LogP contribution is 2.57. The Morgan fingerprint density at radius 2 is 0.982 bits per heavy atom. The lowest BCUT2D eigenvalue weighted by Gasteiger charge is -2.54. The summed E-state index contributed by atoms with van der Waals surface area (Å²) in [6.07, 6.45) is 12.4. The SMILES string of the molecule is c1ccc(-c2nc(-c3ccccc3)nc(-c3cccc(-c4cccc(C5CCC6C(C5)C5CCCC7OC8CC(c9ccccc9)CCC8N6C75)c4)c3)n2)cc1. The fourth-order valence-electron chi connectivity index (χ4n) is 11.8. The van der Waals surface area contributed by atoms with Crippen molar-refractivity contribution in [1.82, 2.24) is 19.9 Å². The van der Waals surface area contributed by atoms with Crippen LogP contribution in [-0.2, 0) is 4.74 Å². The van der Waals surface area contributed by atoms with E-state index in [0.717, 1.165) is 28.5 Å². The third kappa shape index (κ3) is 6.20. The van der Waals surface area contributed by atoms with Gasteiger partial charge in [0.1, 0.15) is 0 Å². The Bertz CT molecular complexity index is 2260. The molecule has 6 aromatic rings. The van der Waals surface area contributed by atoms with Gasteiger partial charge in [0.25, 0.3) is 0 Å². The zero-order valence-corrected chi connectivity index (χ0v) is 32.0. The molecule has 3 saturated carbocycles. The van der Waals surface area contributed by atoms with E-state index in [-0.39, 0.29) is 0 Å². The van der Waals surface area contributed by atoms with Crippen LogP contribution in [0.5, 0.6) is 0 Å².